The summed E-state index contributed by atoms with van der Waals surface area (Å²) < 4.78 is 19.2. The summed E-state index contributed by atoms with van der Waals surface area (Å²) in [6.07, 6.45) is 0.860. The Labute approximate surface area is 126 Å². The van der Waals surface area contributed by atoms with Crippen LogP contribution in [-0.4, -0.2) is 32.2 Å². The molecule has 1 aromatic carbocycles. The lowest BCUT2D eigenvalue weighted by Crippen LogP contribution is -2.28. The van der Waals surface area contributed by atoms with Gasteiger partial charge in [-0.05, 0) is 24.5 Å². The summed E-state index contributed by atoms with van der Waals surface area (Å²) in [6, 6.07) is 4.50. The highest BCUT2D eigenvalue weighted by Crippen LogP contribution is 2.19. The smallest absolute Gasteiger partial charge is 0.253 e. The summed E-state index contributed by atoms with van der Waals surface area (Å²) in [4.78, 5) is 12.1. The molecule has 4 nitrogen and oxygen atoms in total. The topological polar surface area (TPSA) is 50.4 Å². The number of benzene rings is 1. The fraction of sp³-hybridized carbons (Fsp3) is 0.562. The van der Waals surface area contributed by atoms with Gasteiger partial charge in [-0.3, -0.25) is 4.79 Å². The van der Waals surface area contributed by atoms with E-state index in [0.29, 0.717) is 37.8 Å². The number of hydrogen-bond acceptors (Lipinski definition) is 3. The monoisotopic (exact) mass is 296 g/mol. The minimum absolute atomic E-state index is 0.264. The molecule has 0 aromatic heterocycles. The van der Waals surface area contributed by atoms with Crippen LogP contribution in [0.2, 0.25) is 0 Å². The number of para-hydroxylation sites is 1. The van der Waals surface area contributed by atoms with Crippen molar-refractivity contribution in [3.05, 3.63) is 29.6 Å². The molecule has 0 heterocycles. The van der Waals surface area contributed by atoms with Crippen LogP contribution in [0.3, 0.4) is 0 Å². The molecule has 0 saturated heterocycles. The van der Waals surface area contributed by atoms with Gasteiger partial charge in [0.2, 0.25) is 0 Å². The van der Waals surface area contributed by atoms with Gasteiger partial charge in [0.15, 0.2) is 0 Å². The number of hydrogen-bond donors (Lipinski definition) is 2. The van der Waals surface area contributed by atoms with Crippen LogP contribution < -0.4 is 10.6 Å². The second-order valence-corrected chi connectivity index (χ2v) is 5.31. The van der Waals surface area contributed by atoms with E-state index < -0.39 is 5.82 Å². The lowest BCUT2D eigenvalue weighted by molar-refractivity contribution is 0.0886. The predicted molar refractivity (Wildman–Crippen MR) is 83.2 cm³/mol. The normalized spacial score (nSPS) is 10.7. The number of nitrogens with one attached hydrogen (secondary N) is 2. The second-order valence-electron chi connectivity index (χ2n) is 5.31. The number of ether oxygens (including phenoxy) is 1. The minimum Gasteiger partial charge on any atom is -0.382 e. The molecular weight excluding hydrogens is 271 g/mol. The Hall–Kier alpha value is -1.62. The van der Waals surface area contributed by atoms with Crippen molar-refractivity contribution in [2.24, 2.45) is 5.92 Å². The molecule has 0 fully saturated rings. The van der Waals surface area contributed by atoms with Crippen LogP contribution in [-0.2, 0) is 4.74 Å². The Morgan fingerprint density at radius 3 is 2.76 bits per heavy atom. The molecule has 5 heteroatoms. The summed E-state index contributed by atoms with van der Waals surface area (Å²) >= 11 is 0. The van der Waals surface area contributed by atoms with Crippen LogP contribution in [0, 0.1) is 11.7 Å². The highest BCUT2D eigenvalue weighted by atomic mass is 19.1. The summed E-state index contributed by atoms with van der Waals surface area (Å²) in [7, 11) is 0. The molecular formula is C16H25FN2O2. The molecule has 0 aliphatic rings. The number of carbonyl (C=O) groups is 1. The van der Waals surface area contributed by atoms with Gasteiger partial charge in [0, 0.05) is 19.7 Å². The van der Waals surface area contributed by atoms with Gasteiger partial charge in [-0.15, -0.1) is 0 Å². The van der Waals surface area contributed by atoms with Gasteiger partial charge in [0.25, 0.3) is 5.91 Å². The summed E-state index contributed by atoms with van der Waals surface area (Å²) in [5.41, 5.74) is 0.590. The molecule has 118 valence electrons. The van der Waals surface area contributed by atoms with Crippen molar-refractivity contribution < 1.29 is 13.9 Å². The number of halogens is 1. The SMILES string of the molecule is CCCNc1c(F)cccc1C(=O)NCCOCC(C)C. The summed E-state index contributed by atoms with van der Waals surface area (Å²) in [5, 5.41) is 5.71. The third kappa shape index (κ3) is 6.12. The summed E-state index contributed by atoms with van der Waals surface area (Å²) in [6.45, 7) is 8.28. The van der Waals surface area contributed by atoms with E-state index in [1.807, 2.05) is 6.92 Å². The Balaban J connectivity index is 2.55. The Morgan fingerprint density at radius 1 is 1.33 bits per heavy atom. The Kier molecular flexibility index (Phi) is 7.75. The van der Waals surface area contributed by atoms with Gasteiger partial charge in [0.1, 0.15) is 5.82 Å². The third-order valence-electron chi connectivity index (χ3n) is 2.79. The number of anilines is 1. The van der Waals surface area contributed by atoms with Gasteiger partial charge in [0.05, 0.1) is 17.9 Å². The zero-order valence-corrected chi connectivity index (χ0v) is 13.0. The molecule has 0 radical (unpaired) electrons. The number of carbonyl (C=O) groups excluding carboxylic acids is 1. The van der Waals surface area contributed by atoms with E-state index in [-0.39, 0.29) is 11.6 Å². The van der Waals surface area contributed by atoms with Crippen LogP contribution in [0.4, 0.5) is 10.1 Å². The quantitative estimate of drug-likeness (QED) is 0.689. The zero-order valence-electron chi connectivity index (χ0n) is 13.0. The van der Waals surface area contributed by atoms with Crippen molar-refractivity contribution in [3.8, 4) is 0 Å². The van der Waals surface area contributed by atoms with Crippen molar-refractivity contribution in [3.63, 3.8) is 0 Å². The maximum Gasteiger partial charge on any atom is 0.253 e. The largest absolute Gasteiger partial charge is 0.382 e. The zero-order chi connectivity index (χ0) is 15.7. The van der Waals surface area contributed by atoms with Crippen LogP contribution in [0.1, 0.15) is 37.6 Å². The summed E-state index contributed by atoms with van der Waals surface area (Å²) in [5.74, 6) is -0.234. The molecule has 1 rings (SSSR count). The number of amides is 1. The van der Waals surface area contributed by atoms with E-state index in [4.69, 9.17) is 4.74 Å². The molecule has 1 amide bonds. The Morgan fingerprint density at radius 2 is 2.10 bits per heavy atom. The Bertz CT molecular complexity index is 450. The van der Waals surface area contributed by atoms with E-state index in [0.717, 1.165) is 6.42 Å². The van der Waals surface area contributed by atoms with Crippen LogP contribution >= 0.6 is 0 Å². The van der Waals surface area contributed by atoms with E-state index >= 15 is 0 Å². The van der Waals surface area contributed by atoms with Crippen LogP contribution in [0.15, 0.2) is 18.2 Å². The van der Waals surface area contributed by atoms with Crippen LogP contribution in [0.5, 0.6) is 0 Å². The highest BCUT2D eigenvalue weighted by molar-refractivity contribution is 5.99. The average molecular weight is 296 g/mol. The van der Waals surface area contributed by atoms with E-state index in [9.17, 15) is 9.18 Å². The van der Waals surface area contributed by atoms with Crippen molar-refractivity contribution in [2.45, 2.75) is 27.2 Å². The molecule has 0 aliphatic carbocycles. The van der Waals surface area contributed by atoms with E-state index in [1.165, 1.54) is 12.1 Å². The molecule has 0 unspecified atom stereocenters. The lowest BCUT2D eigenvalue weighted by Gasteiger charge is -2.13. The highest BCUT2D eigenvalue weighted by Gasteiger charge is 2.14. The first-order chi connectivity index (χ1) is 10.1. The van der Waals surface area contributed by atoms with Crippen molar-refractivity contribution >= 4 is 11.6 Å². The first-order valence-corrected chi connectivity index (χ1v) is 7.44. The van der Waals surface area contributed by atoms with Gasteiger partial charge in [-0.2, -0.15) is 0 Å². The fourth-order valence-corrected chi connectivity index (χ4v) is 1.79. The van der Waals surface area contributed by atoms with Gasteiger partial charge in [-0.25, -0.2) is 4.39 Å². The maximum absolute atomic E-state index is 13.8. The van der Waals surface area contributed by atoms with Gasteiger partial charge >= 0.3 is 0 Å². The first-order valence-electron chi connectivity index (χ1n) is 7.44. The third-order valence-corrected chi connectivity index (χ3v) is 2.79. The molecule has 1 aromatic rings. The van der Waals surface area contributed by atoms with Gasteiger partial charge in [-0.1, -0.05) is 26.8 Å². The molecule has 21 heavy (non-hydrogen) atoms. The standard InChI is InChI=1S/C16H25FN2O2/c1-4-8-18-15-13(6-5-7-14(15)17)16(20)19-9-10-21-11-12(2)3/h5-7,12,18H,4,8-11H2,1-3H3,(H,19,20). The molecule has 0 bridgehead atoms. The van der Waals surface area contributed by atoms with E-state index in [2.05, 4.69) is 24.5 Å². The maximum atomic E-state index is 13.8. The van der Waals surface area contributed by atoms with Crippen LogP contribution in [0.25, 0.3) is 0 Å². The average Bonchev–Trinajstić information content (AvgIpc) is 2.45. The fourth-order valence-electron chi connectivity index (χ4n) is 1.79. The van der Waals surface area contributed by atoms with E-state index in [1.54, 1.807) is 6.07 Å². The predicted octanol–water partition coefficient (Wildman–Crippen LogP) is 3.05. The number of rotatable bonds is 9. The van der Waals surface area contributed by atoms with Crippen molar-refractivity contribution in [1.29, 1.82) is 0 Å². The molecule has 2 N–H and O–H groups in total. The van der Waals surface area contributed by atoms with Gasteiger partial charge < -0.3 is 15.4 Å². The lowest BCUT2D eigenvalue weighted by atomic mass is 10.1. The molecule has 0 aliphatic heterocycles. The second kappa shape index (κ2) is 9.34. The van der Waals surface area contributed by atoms with Crippen molar-refractivity contribution in [1.82, 2.24) is 5.32 Å². The first kappa shape index (κ1) is 17.4. The molecule has 0 atom stereocenters. The van der Waals surface area contributed by atoms with Crippen molar-refractivity contribution in [2.75, 3.05) is 31.6 Å². The minimum atomic E-state index is -0.410. The molecule has 0 saturated carbocycles. The molecule has 0 spiro atoms.